The molecule has 0 aliphatic heterocycles. The van der Waals surface area contributed by atoms with E-state index in [4.69, 9.17) is 14.6 Å². The molecule has 126 valence electrons. The van der Waals surface area contributed by atoms with Crippen molar-refractivity contribution in [2.75, 3.05) is 20.8 Å². The molecule has 0 saturated heterocycles. The number of benzene rings is 1. The highest BCUT2D eigenvalue weighted by Gasteiger charge is 2.05. The Morgan fingerprint density at radius 2 is 1.91 bits per heavy atom. The minimum atomic E-state index is -0.780. The molecule has 0 aliphatic carbocycles. The van der Waals surface area contributed by atoms with Gasteiger partial charge in [0.05, 0.1) is 20.8 Å². The van der Waals surface area contributed by atoms with E-state index in [1.165, 1.54) is 13.2 Å². The van der Waals surface area contributed by atoms with Crippen molar-refractivity contribution in [1.82, 2.24) is 0 Å². The predicted molar refractivity (Wildman–Crippen MR) is 85.6 cm³/mol. The Morgan fingerprint density at radius 3 is 2.57 bits per heavy atom. The molecule has 1 aromatic rings. The monoisotopic (exact) mass is 322 g/mol. The van der Waals surface area contributed by atoms with Gasteiger partial charge < -0.3 is 19.3 Å². The van der Waals surface area contributed by atoms with Gasteiger partial charge >= 0.3 is 11.9 Å². The largest absolute Gasteiger partial charge is 0.493 e. The van der Waals surface area contributed by atoms with Crippen LogP contribution in [-0.4, -0.2) is 37.9 Å². The molecule has 0 aliphatic rings. The lowest BCUT2D eigenvalue weighted by molar-refractivity contribution is -0.137. The molecule has 0 amide bonds. The fourth-order valence-electron chi connectivity index (χ4n) is 1.88. The number of hydrogen-bond donors (Lipinski definition) is 1. The first-order valence-corrected chi connectivity index (χ1v) is 7.35. The molecule has 0 spiro atoms. The van der Waals surface area contributed by atoms with Gasteiger partial charge in [-0.25, -0.2) is 4.79 Å². The Labute approximate surface area is 135 Å². The smallest absolute Gasteiger partial charge is 0.330 e. The van der Waals surface area contributed by atoms with Crippen LogP contribution in [0, 0.1) is 0 Å². The topological polar surface area (TPSA) is 82.1 Å². The summed E-state index contributed by atoms with van der Waals surface area (Å²) in [5.41, 5.74) is 0.789. The van der Waals surface area contributed by atoms with E-state index < -0.39 is 11.9 Å². The highest BCUT2D eigenvalue weighted by molar-refractivity contribution is 5.87. The maximum Gasteiger partial charge on any atom is 0.330 e. The van der Waals surface area contributed by atoms with E-state index >= 15 is 0 Å². The fourth-order valence-corrected chi connectivity index (χ4v) is 1.88. The Kier molecular flexibility index (Phi) is 8.28. The molecule has 0 heterocycles. The van der Waals surface area contributed by atoms with Crippen LogP contribution in [0.1, 0.15) is 31.2 Å². The molecule has 0 fully saturated rings. The summed E-state index contributed by atoms with van der Waals surface area (Å²) in [6.45, 7) is 0.472. The van der Waals surface area contributed by atoms with Crippen molar-refractivity contribution in [1.29, 1.82) is 0 Å². The minimum absolute atomic E-state index is 0.178. The molecule has 0 unspecified atom stereocenters. The number of carboxylic acids is 1. The van der Waals surface area contributed by atoms with Gasteiger partial charge in [-0.15, -0.1) is 0 Å². The van der Waals surface area contributed by atoms with Crippen LogP contribution in [0.4, 0.5) is 0 Å². The molecule has 6 nitrogen and oxygen atoms in total. The van der Waals surface area contributed by atoms with Gasteiger partial charge in [0.25, 0.3) is 0 Å². The first-order chi connectivity index (χ1) is 11.1. The van der Waals surface area contributed by atoms with Gasteiger partial charge in [0.15, 0.2) is 11.5 Å². The van der Waals surface area contributed by atoms with E-state index in [1.807, 2.05) is 0 Å². The summed E-state index contributed by atoms with van der Waals surface area (Å²) in [5.74, 6) is -0.0251. The third-order valence-electron chi connectivity index (χ3n) is 3.09. The Morgan fingerprint density at radius 1 is 1.13 bits per heavy atom. The summed E-state index contributed by atoms with van der Waals surface area (Å²) >= 11 is 0. The zero-order valence-corrected chi connectivity index (χ0v) is 13.4. The van der Waals surface area contributed by atoms with Gasteiger partial charge in [0.2, 0.25) is 0 Å². The van der Waals surface area contributed by atoms with E-state index in [0.29, 0.717) is 24.5 Å². The second kappa shape index (κ2) is 10.3. The van der Waals surface area contributed by atoms with Crippen molar-refractivity contribution in [2.45, 2.75) is 25.7 Å². The predicted octanol–water partition coefficient (Wildman–Crippen LogP) is 2.91. The molecule has 23 heavy (non-hydrogen) atoms. The lowest BCUT2D eigenvalue weighted by atomic mass is 10.2. The summed E-state index contributed by atoms with van der Waals surface area (Å²) in [5, 5.41) is 8.57. The lowest BCUT2D eigenvalue weighted by Gasteiger charge is -2.11. The van der Waals surface area contributed by atoms with Gasteiger partial charge in [-0.05, 0) is 43.0 Å². The van der Waals surface area contributed by atoms with Crippen LogP contribution in [0.15, 0.2) is 24.3 Å². The van der Waals surface area contributed by atoms with Crippen LogP contribution in [0.5, 0.6) is 11.5 Å². The van der Waals surface area contributed by atoms with Gasteiger partial charge in [0.1, 0.15) is 0 Å². The van der Waals surface area contributed by atoms with E-state index in [9.17, 15) is 9.59 Å². The Balaban J connectivity index is 2.56. The van der Waals surface area contributed by atoms with Crippen LogP contribution in [0.3, 0.4) is 0 Å². The maximum absolute atomic E-state index is 11.1. The van der Waals surface area contributed by atoms with Gasteiger partial charge in [0, 0.05) is 12.5 Å². The standard InChI is InChI=1S/C17H22O6/c1-21-14-9-7-13(8-10-17(20)22-2)12-15(14)23-11-5-3-4-6-16(18)19/h7-10,12H,3-6,11H2,1-2H3,(H,18,19)/b10-8+. The summed E-state index contributed by atoms with van der Waals surface area (Å²) in [6.07, 6.45) is 5.33. The molecule has 1 rings (SSSR count). The van der Waals surface area contributed by atoms with Crippen molar-refractivity contribution in [3.8, 4) is 11.5 Å². The molecule has 0 bridgehead atoms. The molecule has 0 atom stereocenters. The molecule has 1 N–H and O–H groups in total. The summed E-state index contributed by atoms with van der Waals surface area (Å²) < 4.78 is 15.5. The quantitative estimate of drug-likeness (QED) is 0.405. The highest BCUT2D eigenvalue weighted by atomic mass is 16.5. The first-order valence-electron chi connectivity index (χ1n) is 7.35. The van der Waals surface area contributed by atoms with Gasteiger partial charge in [-0.3, -0.25) is 4.79 Å². The number of esters is 1. The number of ether oxygens (including phenoxy) is 3. The van der Waals surface area contributed by atoms with Gasteiger partial charge in [-0.1, -0.05) is 6.07 Å². The molecule has 0 aromatic heterocycles. The number of unbranched alkanes of at least 4 members (excludes halogenated alkanes) is 2. The number of carbonyl (C=O) groups is 2. The first kappa shape index (κ1) is 18.5. The van der Waals surface area contributed by atoms with Gasteiger partial charge in [-0.2, -0.15) is 0 Å². The lowest BCUT2D eigenvalue weighted by Crippen LogP contribution is -2.01. The number of carboxylic acid groups (broad SMARTS) is 1. The van der Waals surface area contributed by atoms with Crippen LogP contribution in [0.25, 0.3) is 6.08 Å². The summed E-state index contributed by atoms with van der Waals surface area (Å²) in [4.78, 5) is 21.5. The van der Waals surface area contributed by atoms with E-state index in [1.54, 1.807) is 31.4 Å². The number of aliphatic carboxylic acids is 1. The number of hydrogen-bond acceptors (Lipinski definition) is 5. The SMILES string of the molecule is COC(=O)/C=C/c1ccc(OC)c(OCCCCCC(=O)O)c1. The second-order valence-electron chi connectivity index (χ2n) is 4.82. The molecular formula is C17H22O6. The summed E-state index contributed by atoms with van der Waals surface area (Å²) in [6, 6.07) is 5.34. The van der Waals surface area contributed by atoms with Crippen molar-refractivity contribution in [2.24, 2.45) is 0 Å². The normalized spacial score (nSPS) is 10.5. The molecule has 6 heteroatoms. The summed E-state index contributed by atoms with van der Waals surface area (Å²) in [7, 11) is 2.87. The number of carbonyl (C=O) groups excluding carboxylic acids is 1. The van der Waals surface area contributed by atoms with Crippen LogP contribution in [-0.2, 0) is 14.3 Å². The van der Waals surface area contributed by atoms with E-state index in [2.05, 4.69) is 4.74 Å². The molecule has 0 radical (unpaired) electrons. The molecule has 1 aromatic carbocycles. The third kappa shape index (κ3) is 7.35. The van der Waals surface area contributed by atoms with E-state index in [-0.39, 0.29) is 6.42 Å². The van der Waals surface area contributed by atoms with E-state index in [0.717, 1.165) is 18.4 Å². The van der Waals surface area contributed by atoms with Crippen LogP contribution in [0.2, 0.25) is 0 Å². The third-order valence-corrected chi connectivity index (χ3v) is 3.09. The Hall–Kier alpha value is -2.50. The fraction of sp³-hybridized carbons (Fsp3) is 0.412. The zero-order chi connectivity index (χ0) is 17.1. The maximum atomic E-state index is 11.1. The molecular weight excluding hydrogens is 300 g/mol. The number of rotatable bonds is 10. The zero-order valence-electron chi connectivity index (χ0n) is 13.4. The highest BCUT2D eigenvalue weighted by Crippen LogP contribution is 2.28. The average molecular weight is 322 g/mol. The van der Waals surface area contributed by atoms with Crippen molar-refractivity contribution in [3.63, 3.8) is 0 Å². The van der Waals surface area contributed by atoms with Crippen LogP contribution >= 0.6 is 0 Å². The van der Waals surface area contributed by atoms with Crippen molar-refractivity contribution < 1.29 is 28.9 Å². The Bertz CT molecular complexity index is 550. The average Bonchev–Trinajstić information content (AvgIpc) is 2.55. The van der Waals surface area contributed by atoms with Crippen molar-refractivity contribution >= 4 is 18.0 Å². The second-order valence-corrected chi connectivity index (χ2v) is 4.82. The van der Waals surface area contributed by atoms with Crippen LogP contribution < -0.4 is 9.47 Å². The number of methoxy groups -OCH3 is 2. The minimum Gasteiger partial charge on any atom is -0.493 e. The van der Waals surface area contributed by atoms with Crippen molar-refractivity contribution in [3.05, 3.63) is 29.8 Å². The molecule has 0 saturated carbocycles.